The normalized spacial score (nSPS) is 15.5. The molecular formula is C27H22ClIN2O5S. The number of carboxylic acids is 1. The van der Waals surface area contributed by atoms with Crippen LogP contribution in [0.3, 0.4) is 0 Å². The molecule has 10 heteroatoms. The van der Waals surface area contributed by atoms with E-state index in [4.69, 9.17) is 26.2 Å². The van der Waals surface area contributed by atoms with Gasteiger partial charge in [-0.2, -0.15) is 0 Å². The molecule has 0 unspecified atom stereocenters. The van der Waals surface area contributed by atoms with Gasteiger partial charge in [-0.15, -0.1) is 0 Å². The summed E-state index contributed by atoms with van der Waals surface area (Å²) in [4.78, 5) is 30.5. The Balaban J connectivity index is 1.58. The molecule has 0 saturated carbocycles. The van der Waals surface area contributed by atoms with Crippen LogP contribution in [0.25, 0.3) is 6.08 Å². The number of nitrogens with zero attached hydrogens (tertiary/aromatic N) is 2. The van der Waals surface area contributed by atoms with Gasteiger partial charge >= 0.3 is 5.97 Å². The number of aromatic carboxylic acids is 1. The first-order chi connectivity index (χ1) is 17.8. The van der Waals surface area contributed by atoms with E-state index < -0.39 is 5.97 Å². The Morgan fingerprint density at radius 2 is 1.89 bits per heavy atom. The minimum absolute atomic E-state index is 0.173. The standard InChI is InChI=1S/C27H22ClIN2O5S/c1-3-35-22-13-16(12-21(29)24(22)36-15-18-6-4-5-7-20(18)28)14-23-25(32)31(2)27(37-23)30-19-10-8-17(9-11-19)26(33)34/h4-14H,3,15H2,1-2H3,(H,33,34)/b23-14-,30-27?. The number of hydrogen-bond acceptors (Lipinski definition) is 6. The molecule has 1 aliphatic heterocycles. The highest BCUT2D eigenvalue weighted by atomic mass is 127. The molecule has 190 valence electrons. The van der Waals surface area contributed by atoms with Crippen LogP contribution >= 0.6 is 46.0 Å². The van der Waals surface area contributed by atoms with Crippen molar-refractivity contribution in [1.82, 2.24) is 4.90 Å². The Bertz CT molecular complexity index is 1410. The molecule has 37 heavy (non-hydrogen) atoms. The van der Waals surface area contributed by atoms with Crippen molar-refractivity contribution in [2.24, 2.45) is 4.99 Å². The van der Waals surface area contributed by atoms with Gasteiger partial charge in [0.2, 0.25) is 0 Å². The second-order valence-electron chi connectivity index (χ2n) is 7.86. The van der Waals surface area contributed by atoms with Gasteiger partial charge in [-0.3, -0.25) is 9.69 Å². The van der Waals surface area contributed by atoms with Gasteiger partial charge in [-0.05, 0) is 95.4 Å². The van der Waals surface area contributed by atoms with Crippen LogP contribution in [-0.4, -0.2) is 40.7 Å². The number of amides is 1. The van der Waals surface area contributed by atoms with Crippen molar-refractivity contribution in [3.8, 4) is 11.5 Å². The SMILES string of the molecule is CCOc1cc(/C=C2\SC(=Nc3ccc(C(=O)O)cc3)N(C)C2=O)cc(I)c1OCc1ccccc1Cl. The van der Waals surface area contributed by atoms with Crippen LogP contribution in [0.1, 0.15) is 28.4 Å². The number of amidine groups is 1. The van der Waals surface area contributed by atoms with Crippen molar-refractivity contribution in [3.63, 3.8) is 0 Å². The largest absolute Gasteiger partial charge is 0.490 e. The highest BCUT2D eigenvalue weighted by molar-refractivity contribution is 14.1. The average molecular weight is 649 g/mol. The molecule has 1 fully saturated rings. The minimum atomic E-state index is -1.01. The van der Waals surface area contributed by atoms with E-state index in [-0.39, 0.29) is 11.5 Å². The number of carbonyl (C=O) groups excluding carboxylic acids is 1. The van der Waals surface area contributed by atoms with Gasteiger partial charge in [-0.25, -0.2) is 9.79 Å². The molecule has 0 spiro atoms. The summed E-state index contributed by atoms with van der Waals surface area (Å²) < 4.78 is 12.8. The number of halogens is 2. The Labute approximate surface area is 237 Å². The zero-order chi connectivity index (χ0) is 26.5. The summed E-state index contributed by atoms with van der Waals surface area (Å²) in [5.74, 6) is -0.00479. The molecule has 0 bridgehead atoms. The third-order valence-electron chi connectivity index (χ3n) is 5.30. The van der Waals surface area contributed by atoms with Crippen LogP contribution in [0.15, 0.2) is 70.6 Å². The highest BCUT2D eigenvalue weighted by Crippen LogP contribution is 2.38. The van der Waals surface area contributed by atoms with E-state index in [1.165, 1.54) is 28.8 Å². The number of benzene rings is 3. The maximum absolute atomic E-state index is 12.9. The second kappa shape index (κ2) is 12.0. The molecule has 0 aliphatic carbocycles. The number of aliphatic imine (C=N–C) groups is 1. The molecule has 1 saturated heterocycles. The smallest absolute Gasteiger partial charge is 0.335 e. The van der Waals surface area contributed by atoms with Crippen molar-refractivity contribution in [3.05, 3.63) is 90.9 Å². The van der Waals surface area contributed by atoms with E-state index in [1.54, 1.807) is 25.3 Å². The molecular weight excluding hydrogens is 627 g/mol. The number of thioether (sulfide) groups is 1. The number of carbonyl (C=O) groups is 2. The van der Waals surface area contributed by atoms with Crippen LogP contribution < -0.4 is 9.47 Å². The lowest BCUT2D eigenvalue weighted by Crippen LogP contribution is -2.23. The predicted octanol–water partition coefficient (Wildman–Crippen LogP) is 6.85. The summed E-state index contributed by atoms with van der Waals surface area (Å²) >= 11 is 9.70. The lowest BCUT2D eigenvalue weighted by molar-refractivity contribution is -0.121. The van der Waals surface area contributed by atoms with E-state index in [1.807, 2.05) is 43.3 Å². The number of likely N-dealkylation sites (N-methyl/N-ethyl adjacent to an activating group) is 1. The molecule has 3 aromatic rings. The fourth-order valence-corrected chi connectivity index (χ4v) is 5.39. The zero-order valence-corrected chi connectivity index (χ0v) is 23.6. The van der Waals surface area contributed by atoms with Crippen molar-refractivity contribution < 1.29 is 24.2 Å². The van der Waals surface area contributed by atoms with E-state index >= 15 is 0 Å². The van der Waals surface area contributed by atoms with Crippen molar-refractivity contribution in [2.45, 2.75) is 13.5 Å². The van der Waals surface area contributed by atoms with Crippen LogP contribution in [0, 0.1) is 3.57 Å². The van der Waals surface area contributed by atoms with Crippen LogP contribution in [-0.2, 0) is 11.4 Å². The van der Waals surface area contributed by atoms with E-state index in [0.29, 0.717) is 45.5 Å². The summed E-state index contributed by atoms with van der Waals surface area (Å²) in [6, 6.07) is 17.4. The maximum Gasteiger partial charge on any atom is 0.335 e. The molecule has 1 aliphatic rings. The lowest BCUT2D eigenvalue weighted by atomic mass is 10.1. The molecule has 7 nitrogen and oxygen atoms in total. The van der Waals surface area contributed by atoms with Gasteiger partial charge in [-0.1, -0.05) is 29.8 Å². The topological polar surface area (TPSA) is 88.4 Å². The fraction of sp³-hybridized carbons (Fsp3) is 0.148. The Kier molecular flexibility index (Phi) is 8.78. The Morgan fingerprint density at radius 3 is 2.57 bits per heavy atom. The maximum atomic E-state index is 12.9. The van der Waals surface area contributed by atoms with Gasteiger partial charge in [0, 0.05) is 17.6 Å². The first-order valence-corrected chi connectivity index (χ1v) is 13.5. The molecule has 1 amide bonds. The average Bonchev–Trinajstić information content (AvgIpc) is 3.12. The van der Waals surface area contributed by atoms with Gasteiger partial charge < -0.3 is 14.6 Å². The van der Waals surface area contributed by atoms with Crippen LogP contribution in [0.2, 0.25) is 5.02 Å². The van der Waals surface area contributed by atoms with Crippen LogP contribution in [0.4, 0.5) is 5.69 Å². The molecule has 0 radical (unpaired) electrons. The number of hydrogen-bond donors (Lipinski definition) is 1. The third-order valence-corrected chi connectivity index (χ3v) is 7.53. The van der Waals surface area contributed by atoms with Crippen molar-refractivity contribution in [2.75, 3.05) is 13.7 Å². The number of carboxylic acid groups (broad SMARTS) is 1. The van der Waals surface area contributed by atoms with E-state index in [2.05, 4.69) is 27.6 Å². The monoisotopic (exact) mass is 648 g/mol. The molecule has 1 N–H and O–H groups in total. The quantitative estimate of drug-likeness (QED) is 0.212. The second-order valence-corrected chi connectivity index (χ2v) is 10.4. The summed E-state index contributed by atoms with van der Waals surface area (Å²) in [7, 11) is 1.65. The first-order valence-electron chi connectivity index (χ1n) is 11.2. The zero-order valence-electron chi connectivity index (χ0n) is 19.9. The summed E-state index contributed by atoms with van der Waals surface area (Å²) in [5.41, 5.74) is 2.39. The predicted molar refractivity (Wildman–Crippen MR) is 155 cm³/mol. The Hall–Kier alpha value is -3.02. The fourth-order valence-electron chi connectivity index (χ4n) is 3.43. The summed E-state index contributed by atoms with van der Waals surface area (Å²) in [5, 5.41) is 10.2. The summed E-state index contributed by atoms with van der Waals surface area (Å²) in [6.07, 6.45) is 1.79. The molecule has 1 heterocycles. The molecule has 4 rings (SSSR count). The van der Waals surface area contributed by atoms with E-state index in [0.717, 1.165) is 14.7 Å². The Morgan fingerprint density at radius 1 is 1.16 bits per heavy atom. The van der Waals surface area contributed by atoms with Gasteiger partial charge in [0.15, 0.2) is 16.7 Å². The van der Waals surface area contributed by atoms with E-state index in [9.17, 15) is 9.59 Å². The molecule has 3 aromatic carbocycles. The highest BCUT2D eigenvalue weighted by Gasteiger charge is 2.30. The summed E-state index contributed by atoms with van der Waals surface area (Å²) in [6.45, 7) is 2.64. The number of ether oxygens (including phenoxy) is 2. The van der Waals surface area contributed by atoms with Gasteiger partial charge in [0.05, 0.1) is 26.3 Å². The van der Waals surface area contributed by atoms with Crippen molar-refractivity contribution in [1.29, 1.82) is 0 Å². The third kappa shape index (κ3) is 6.46. The molecule has 0 aromatic heterocycles. The van der Waals surface area contributed by atoms with Crippen LogP contribution in [0.5, 0.6) is 11.5 Å². The van der Waals surface area contributed by atoms with Gasteiger partial charge in [0.1, 0.15) is 6.61 Å². The number of rotatable bonds is 8. The molecule has 0 atom stereocenters. The van der Waals surface area contributed by atoms with Crippen molar-refractivity contribution >= 4 is 74.8 Å². The van der Waals surface area contributed by atoms with Gasteiger partial charge in [0.25, 0.3) is 5.91 Å². The lowest BCUT2D eigenvalue weighted by Gasteiger charge is -2.15. The first kappa shape index (κ1) is 27.0. The minimum Gasteiger partial charge on any atom is -0.490 e.